The van der Waals surface area contributed by atoms with Crippen molar-refractivity contribution in [2.45, 2.75) is 12.7 Å². The molecule has 1 unspecified atom stereocenters. The summed E-state index contributed by atoms with van der Waals surface area (Å²) in [5.74, 6) is 0. The Balaban J connectivity index is 2.06. The number of rotatable bonds is 5. The van der Waals surface area contributed by atoms with E-state index < -0.39 is 0 Å². The SMILES string of the molecule is C=CC(OCc1ccc(C#N)cc1)c1ccccc1I. The molecule has 0 saturated heterocycles. The normalized spacial score (nSPS) is 11.6. The molecule has 1 atom stereocenters. The molecule has 0 bridgehead atoms. The second-order valence-electron chi connectivity index (χ2n) is 4.30. The van der Waals surface area contributed by atoms with Gasteiger partial charge in [0.05, 0.1) is 18.2 Å². The van der Waals surface area contributed by atoms with Crippen LogP contribution in [0.4, 0.5) is 0 Å². The average Bonchev–Trinajstić information content (AvgIpc) is 2.50. The second kappa shape index (κ2) is 7.22. The smallest absolute Gasteiger partial charge is 0.102 e. The number of nitrogens with zero attached hydrogens (tertiary/aromatic N) is 1. The fourth-order valence-corrected chi connectivity index (χ4v) is 2.55. The minimum Gasteiger partial charge on any atom is -0.365 e. The van der Waals surface area contributed by atoms with E-state index in [1.165, 1.54) is 0 Å². The summed E-state index contributed by atoms with van der Waals surface area (Å²) in [4.78, 5) is 0. The lowest BCUT2D eigenvalue weighted by Crippen LogP contribution is -2.03. The predicted molar refractivity (Wildman–Crippen MR) is 88.0 cm³/mol. The highest BCUT2D eigenvalue weighted by Gasteiger charge is 2.11. The van der Waals surface area contributed by atoms with E-state index in [1.807, 2.05) is 30.3 Å². The zero-order valence-electron chi connectivity index (χ0n) is 10.9. The maximum atomic E-state index is 8.77. The van der Waals surface area contributed by atoms with Crippen LogP contribution in [0.2, 0.25) is 0 Å². The molecule has 20 heavy (non-hydrogen) atoms. The van der Waals surface area contributed by atoms with Crippen LogP contribution in [-0.4, -0.2) is 0 Å². The first kappa shape index (κ1) is 14.8. The van der Waals surface area contributed by atoms with E-state index in [0.717, 1.165) is 14.7 Å². The topological polar surface area (TPSA) is 33.0 Å². The number of ether oxygens (including phenoxy) is 1. The fraction of sp³-hybridized carbons (Fsp3) is 0.118. The van der Waals surface area contributed by atoms with E-state index in [-0.39, 0.29) is 6.10 Å². The van der Waals surface area contributed by atoms with Crippen molar-refractivity contribution in [3.05, 3.63) is 81.4 Å². The predicted octanol–water partition coefficient (Wildman–Crippen LogP) is 4.61. The van der Waals surface area contributed by atoms with Crippen LogP contribution in [0, 0.1) is 14.9 Å². The Morgan fingerprint density at radius 2 is 1.90 bits per heavy atom. The maximum absolute atomic E-state index is 8.77. The Morgan fingerprint density at radius 3 is 2.50 bits per heavy atom. The standard InChI is InChI=1S/C17H14INO/c1-2-17(15-5-3-4-6-16(15)18)20-12-14-9-7-13(11-19)8-10-14/h2-10,17H,1,12H2. The Morgan fingerprint density at radius 1 is 1.20 bits per heavy atom. The fourth-order valence-electron chi connectivity index (χ4n) is 1.85. The molecule has 0 aliphatic heterocycles. The highest BCUT2D eigenvalue weighted by atomic mass is 127. The van der Waals surface area contributed by atoms with Gasteiger partial charge in [0, 0.05) is 3.57 Å². The number of hydrogen-bond donors (Lipinski definition) is 0. The van der Waals surface area contributed by atoms with Crippen molar-refractivity contribution in [1.29, 1.82) is 5.26 Å². The summed E-state index contributed by atoms with van der Waals surface area (Å²) in [5, 5.41) is 8.77. The molecule has 0 amide bonds. The third kappa shape index (κ3) is 3.69. The van der Waals surface area contributed by atoms with Crippen molar-refractivity contribution in [1.82, 2.24) is 0 Å². The zero-order valence-corrected chi connectivity index (χ0v) is 13.1. The van der Waals surface area contributed by atoms with Gasteiger partial charge in [-0.1, -0.05) is 36.4 Å². The Bertz CT molecular complexity index is 628. The van der Waals surface area contributed by atoms with E-state index in [9.17, 15) is 0 Å². The summed E-state index contributed by atoms with van der Waals surface area (Å²) in [6.45, 7) is 4.34. The number of nitriles is 1. The molecular weight excluding hydrogens is 361 g/mol. The third-order valence-corrected chi connectivity index (χ3v) is 3.92. The van der Waals surface area contributed by atoms with Gasteiger partial charge in [-0.15, -0.1) is 6.58 Å². The molecule has 3 heteroatoms. The number of halogens is 1. The summed E-state index contributed by atoms with van der Waals surface area (Å²) < 4.78 is 7.07. The lowest BCUT2D eigenvalue weighted by atomic mass is 10.1. The minimum atomic E-state index is -0.126. The molecule has 0 N–H and O–H groups in total. The molecular formula is C17H14INO. The van der Waals surface area contributed by atoms with Gasteiger partial charge in [-0.2, -0.15) is 5.26 Å². The summed E-state index contributed by atoms with van der Waals surface area (Å²) in [7, 11) is 0. The maximum Gasteiger partial charge on any atom is 0.102 e. The van der Waals surface area contributed by atoms with Crippen LogP contribution in [0.15, 0.2) is 61.2 Å². The van der Waals surface area contributed by atoms with Crippen molar-refractivity contribution in [2.24, 2.45) is 0 Å². The van der Waals surface area contributed by atoms with Crippen LogP contribution in [0.1, 0.15) is 22.8 Å². The highest BCUT2D eigenvalue weighted by molar-refractivity contribution is 14.1. The van der Waals surface area contributed by atoms with Gasteiger partial charge < -0.3 is 4.74 Å². The first-order chi connectivity index (χ1) is 9.74. The Labute approximate surface area is 132 Å². The van der Waals surface area contributed by atoms with E-state index in [2.05, 4.69) is 41.3 Å². The van der Waals surface area contributed by atoms with Gasteiger partial charge >= 0.3 is 0 Å². The molecule has 2 nitrogen and oxygen atoms in total. The van der Waals surface area contributed by atoms with Gasteiger partial charge in [0.2, 0.25) is 0 Å². The molecule has 0 spiro atoms. The summed E-state index contributed by atoms with van der Waals surface area (Å²) in [6, 6.07) is 17.6. The van der Waals surface area contributed by atoms with Crippen molar-refractivity contribution >= 4 is 22.6 Å². The van der Waals surface area contributed by atoms with Crippen LogP contribution in [0.3, 0.4) is 0 Å². The van der Waals surface area contributed by atoms with Gasteiger partial charge in [-0.3, -0.25) is 0 Å². The van der Waals surface area contributed by atoms with E-state index >= 15 is 0 Å². The largest absolute Gasteiger partial charge is 0.365 e. The third-order valence-electron chi connectivity index (χ3n) is 2.94. The van der Waals surface area contributed by atoms with Crippen molar-refractivity contribution < 1.29 is 4.74 Å². The molecule has 0 aliphatic carbocycles. The Kier molecular flexibility index (Phi) is 5.33. The van der Waals surface area contributed by atoms with E-state index in [0.29, 0.717) is 12.2 Å². The summed E-state index contributed by atoms with van der Waals surface area (Å²) in [6.07, 6.45) is 1.68. The zero-order chi connectivity index (χ0) is 14.4. The number of hydrogen-bond acceptors (Lipinski definition) is 2. The van der Waals surface area contributed by atoms with Gasteiger partial charge in [0.25, 0.3) is 0 Å². The number of benzene rings is 2. The molecule has 2 aromatic rings. The molecule has 0 fully saturated rings. The van der Waals surface area contributed by atoms with Crippen LogP contribution in [-0.2, 0) is 11.3 Å². The van der Waals surface area contributed by atoms with E-state index in [1.54, 1.807) is 18.2 Å². The van der Waals surface area contributed by atoms with E-state index in [4.69, 9.17) is 10.00 Å². The summed E-state index contributed by atoms with van der Waals surface area (Å²) in [5.41, 5.74) is 2.82. The van der Waals surface area contributed by atoms with Gasteiger partial charge in [0.1, 0.15) is 6.10 Å². The lowest BCUT2D eigenvalue weighted by Gasteiger charge is -2.16. The Hall–Kier alpha value is -1.64. The van der Waals surface area contributed by atoms with Crippen molar-refractivity contribution in [3.63, 3.8) is 0 Å². The molecule has 100 valence electrons. The summed E-state index contributed by atoms with van der Waals surface area (Å²) >= 11 is 2.30. The molecule has 0 saturated carbocycles. The average molecular weight is 375 g/mol. The molecule has 0 radical (unpaired) electrons. The lowest BCUT2D eigenvalue weighted by molar-refractivity contribution is 0.0715. The van der Waals surface area contributed by atoms with Crippen LogP contribution >= 0.6 is 22.6 Å². The van der Waals surface area contributed by atoms with Crippen LogP contribution < -0.4 is 0 Å². The molecule has 0 aromatic heterocycles. The monoisotopic (exact) mass is 375 g/mol. The van der Waals surface area contributed by atoms with Gasteiger partial charge in [-0.05, 0) is 51.9 Å². The molecule has 0 aliphatic rings. The van der Waals surface area contributed by atoms with Crippen LogP contribution in [0.5, 0.6) is 0 Å². The first-order valence-electron chi connectivity index (χ1n) is 6.22. The minimum absolute atomic E-state index is 0.126. The van der Waals surface area contributed by atoms with Crippen molar-refractivity contribution in [3.8, 4) is 6.07 Å². The first-order valence-corrected chi connectivity index (χ1v) is 7.30. The van der Waals surface area contributed by atoms with Crippen molar-refractivity contribution in [2.75, 3.05) is 0 Å². The van der Waals surface area contributed by atoms with Gasteiger partial charge in [0.15, 0.2) is 0 Å². The highest BCUT2D eigenvalue weighted by Crippen LogP contribution is 2.25. The molecule has 2 aromatic carbocycles. The second-order valence-corrected chi connectivity index (χ2v) is 5.46. The quantitative estimate of drug-likeness (QED) is 0.565. The molecule has 0 heterocycles. The molecule has 2 rings (SSSR count). The van der Waals surface area contributed by atoms with Crippen LogP contribution in [0.25, 0.3) is 0 Å². The van der Waals surface area contributed by atoms with Gasteiger partial charge in [-0.25, -0.2) is 0 Å².